The zero-order valence-corrected chi connectivity index (χ0v) is 7.50. The number of hydrogen-bond donors (Lipinski definition) is 0. The van der Waals surface area contributed by atoms with Gasteiger partial charge < -0.3 is 7.59 Å². The van der Waals surface area contributed by atoms with Crippen LogP contribution in [0.2, 0.25) is 0 Å². The van der Waals surface area contributed by atoms with Crippen molar-refractivity contribution in [1.29, 1.82) is 0 Å². The molecule has 0 bridgehead atoms. The molecule has 0 fully saturated rings. The van der Waals surface area contributed by atoms with Crippen LogP contribution in [0.15, 0.2) is 0 Å². The summed E-state index contributed by atoms with van der Waals surface area (Å²) in [5, 5.41) is 0. The van der Waals surface area contributed by atoms with Gasteiger partial charge in [-0.25, -0.2) is 0 Å². The standard InChI is InChI=1S/C2H2O3.K.Li.2H/c3-1-5-2-4;;;;/h1-2H;;;;/q;2*+1;2*-1. The van der Waals surface area contributed by atoms with E-state index < -0.39 is 0 Å². The molecule has 7 heavy (non-hydrogen) atoms. The third kappa shape index (κ3) is 18.7. The van der Waals surface area contributed by atoms with Gasteiger partial charge in [0.15, 0.2) is 0 Å². The van der Waals surface area contributed by atoms with Gasteiger partial charge in [0.25, 0.3) is 0 Å². The first-order valence-electron chi connectivity index (χ1n) is 0.943. The normalized spacial score (nSPS) is 4.00. The van der Waals surface area contributed by atoms with E-state index in [9.17, 15) is 0 Å². The van der Waals surface area contributed by atoms with Gasteiger partial charge in [-0.05, 0) is 0 Å². The van der Waals surface area contributed by atoms with E-state index in [4.69, 9.17) is 9.59 Å². The Balaban J connectivity index is -0.0000000133. The summed E-state index contributed by atoms with van der Waals surface area (Å²) in [5.41, 5.74) is 0. The molecular formula is C2H4KLiO3. The van der Waals surface area contributed by atoms with E-state index in [2.05, 4.69) is 4.74 Å². The number of carbonyl (C=O) groups is 2. The quantitative estimate of drug-likeness (QED) is 0.208. The van der Waals surface area contributed by atoms with Crippen LogP contribution in [0.5, 0.6) is 0 Å². The number of rotatable bonds is 2. The molecule has 0 aliphatic carbocycles. The largest absolute Gasteiger partial charge is 1.00 e. The minimum absolute atomic E-state index is 0. The predicted molar refractivity (Wildman–Crippen MR) is 15.4 cm³/mol. The van der Waals surface area contributed by atoms with Crippen molar-refractivity contribution in [3.05, 3.63) is 0 Å². The van der Waals surface area contributed by atoms with Crippen molar-refractivity contribution in [3.63, 3.8) is 0 Å². The van der Waals surface area contributed by atoms with E-state index in [0.717, 1.165) is 0 Å². The molecule has 0 atom stereocenters. The van der Waals surface area contributed by atoms with Crippen molar-refractivity contribution in [2.45, 2.75) is 0 Å². The van der Waals surface area contributed by atoms with Crippen LogP contribution in [-0.2, 0) is 14.3 Å². The van der Waals surface area contributed by atoms with E-state index in [1.54, 1.807) is 0 Å². The summed E-state index contributed by atoms with van der Waals surface area (Å²) in [5.74, 6) is 0. The third-order valence-corrected chi connectivity index (χ3v) is 0.111. The summed E-state index contributed by atoms with van der Waals surface area (Å²) < 4.78 is 3.47. The second-order valence-corrected chi connectivity index (χ2v) is 0.329. The van der Waals surface area contributed by atoms with Crippen LogP contribution in [-0.4, -0.2) is 12.9 Å². The molecule has 0 radical (unpaired) electrons. The van der Waals surface area contributed by atoms with Crippen LogP contribution < -0.4 is 70.2 Å². The van der Waals surface area contributed by atoms with E-state index in [-0.39, 0.29) is 86.0 Å². The van der Waals surface area contributed by atoms with Crippen molar-refractivity contribution in [3.8, 4) is 0 Å². The maximum absolute atomic E-state index is 8.95. The van der Waals surface area contributed by atoms with Gasteiger partial charge in [0.1, 0.15) is 0 Å². The molecule has 0 aromatic carbocycles. The van der Waals surface area contributed by atoms with E-state index in [0.29, 0.717) is 0 Å². The zero-order valence-electron chi connectivity index (χ0n) is 6.38. The van der Waals surface area contributed by atoms with E-state index in [1.807, 2.05) is 0 Å². The van der Waals surface area contributed by atoms with Crippen molar-refractivity contribution in [1.82, 2.24) is 0 Å². The Bertz CT molecular complexity index is 49.1. The van der Waals surface area contributed by atoms with Crippen LogP contribution in [0.3, 0.4) is 0 Å². The Morgan fingerprint density at radius 1 is 1.29 bits per heavy atom. The van der Waals surface area contributed by atoms with Gasteiger partial charge in [-0.3, -0.25) is 9.59 Å². The summed E-state index contributed by atoms with van der Waals surface area (Å²) >= 11 is 0. The maximum Gasteiger partial charge on any atom is 1.00 e. The Kier molecular flexibility index (Phi) is 35.3. The summed E-state index contributed by atoms with van der Waals surface area (Å²) in [7, 11) is 0. The van der Waals surface area contributed by atoms with E-state index >= 15 is 0 Å². The molecule has 0 rings (SSSR count). The summed E-state index contributed by atoms with van der Waals surface area (Å²) in [6.45, 7) is 0.125. The SMILES string of the molecule is O=COC=O.[H-].[H-].[K+].[Li+]. The Hall–Kier alpha value is 1.37. The monoisotopic (exact) mass is 122 g/mol. The summed E-state index contributed by atoms with van der Waals surface area (Å²) in [4.78, 5) is 17.9. The van der Waals surface area contributed by atoms with Crippen molar-refractivity contribution in [2.24, 2.45) is 0 Å². The molecule has 0 aliphatic heterocycles. The molecule has 0 saturated carbocycles. The molecule has 0 aliphatic rings. The number of carbonyl (C=O) groups excluding carboxylic acids is 2. The average molecular weight is 122 g/mol. The molecule has 0 unspecified atom stereocenters. The molecule has 0 N–H and O–H groups in total. The van der Waals surface area contributed by atoms with E-state index in [1.165, 1.54) is 0 Å². The third-order valence-electron chi connectivity index (χ3n) is 0.111. The fraction of sp³-hybridized carbons (Fsp3) is 0. The maximum atomic E-state index is 8.95. The average Bonchev–Trinajstić information content (AvgIpc) is 1.41. The Morgan fingerprint density at radius 3 is 1.57 bits per heavy atom. The van der Waals surface area contributed by atoms with Gasteiger partial charge in [0.05, 0.1) is 0 Å². The number of ether oxygens (including phenoxy) is 1. The fourth-order valence-corrected chi connectivity index (χ4v) is 0.0227. The second kappa shape index (κ2) is 15.7. The van der Waals surface area contributed by atoms with Gasteiger partial charge in [-0.2, -0.15) is 0 Å². The molecule has 32 valence electrons. The number of hydrogen-bond acceptors (Lipinski definition) is 3. The van der Waals surface area contributed by atoms with Crippen LogP contribution >= 0.6 is 0 Å². The van der Waals surface area contributed by atoms with Gasteiger partial charge in [0, 0.05) is 0 Å². The minimum atomic E-state index is 0. The second-order valence-electron chi connectivity index (χ2n) is 0.329. The van der Waals surface area contributed by atoms with Crippen LogP contribution in [0.1, 0.15) is 2.85 Å². The molecular weight excluding hydrogens is 118 g/mol. The molecule has 0 spiro atoms. The van der Waals surface area contributed by atoms with Gasteiger partial charge in [-0.1, -0.05) is 0 Å². The molecule has 0 aromatic heterocycles. The predicted octanol–water partition coefficient (Wildman–Crippen LogP) is -6.45. The zero-order chi connectivity index (χ0) is 4.12. The van der Waals surface area contributed by atoms with Gasteiger partial charge >= 0.3 is 83.2 Å². The first kappa shape index (κ1) is 15.8. The fourth-order valence-electron chi connectivity index (χ4n) is 0.0227. The van der Waals surface area contributed by atoms with Crippen molar-refractivity contribution in [2.75, 3.05) is 0 Å². The molecule has 0 amide bonds. The van der Waals surface area contributed by atoms with Crippen molar-refractivity contribution >= 4 is 12.9 Å². The smallest absolute Gasteiger partial charge is 1.00 e. The first-order valence-corrected chi connectivity index (χ1v) is 0.943. The van der Waals surface area contributed by atoms with Crippen LogP contribution in [0.25, 0.3) is 0 Å². The summed E-state index contributed by atoms with van der Waals surface area (Å²) in [6, 6.07) is 0. The van der Waals surface area contributed by atoms with Gasteiger partial charge in [0.2, 0.25) is 0 Å². The molecule has 5 heteroatoms. The minimum Gasteiger partial charge on any atom is -1.00 e. The van der Waals surface area contributed by atoms with Crippen LogP contribution in [0.4, 0.5) is 0 Å². The molecule has 3 nitrogen and oxygen atoms in total. The Morgan fingerprint density at radius 2 is 1.57 bits per heavy atom. The molecule has 0 saturated heterocycles. The first-order chi connectivity index (χ1) is 2.41. The van der Waals surface area contributed by atoms with Crippen molar-refractivity contribution < 1.29 is 87.4 Å². The molecule has 0 heterocycles. The summed E-state index contributed by atoms with van der Waals surface area (Å²) in [6.07, 6.45) is 0. The van der Waals surface area contributed by atoms with Gasteiger partial charge in [-0.15, -0.1) is 0 Å². The Labute approximate surface area is 98.7 Å². The molecule has 0 aromatic rings. The van der Waals surface area contributed by atoms with Crippen LogP contribution in [0, 0.1) is 0 Å². The topological polar surface area (TPSA) is 43.4 Å².